The molecule has 0 bridgehead atoms. The minimum Gasteiger partial charge on any atom is -0.366 e. The van der Waals surface area contributed by atoms with Gasteiger partial charge in [-0.1, -0.05) is 19.8 Å². The zero-order valence-corrected chi connectivity index (χ0v) is 13.0. The summed E-state index contributed by atoms with van der Waals surface area (Å²) in [4.78, 5) is 25.0. The van der Waals surface area contributed by atoms with Gasteiger partial charge in [-0.2, -0.15) is 0 Å². The van der Waals surface area contributed by atoms with E-state index >= 15 is 0 Å². The smallest absolute Gasteiger partial charge is 0.293 e. The Balaban J connectivity index is 2.11. The molecule has 1 heterocycles. The molecule has 1 aliphatic rings. The van der Waals surface area contributed by atoms with Gasteiger partial charge in [0.2, 0.25) is 0 Å². The van der Waals surface area contributed by atoms with E-state index in [4.69, 9.17) is 0 Å². The van der Waals surface area contributed by atoms with Gasteiger partial charge in [-0.15, -0.1) is 0 Å². The number of nitro benzene ring substituents is 1. The quantitative estimate of drug-likeness (QED) is 0.477. The summed E-state index contributed by atoms with van der Waals surface area (Å²) in [6.07, 6.45) is 5.18. The summed E-state index contributed by atoms with van der Waals surface area (Å²) in [5, 5.41) is 14.1. The SMILES string of the molecule is CCCCCNC(=O)c1ccc(N2CCCC2)c([N+](=O)[O-])c1. The molecule has 1 aliphatic heterocycles. The van der Waals surface area contributed by atoms with Gasteiger partial charge >= 0.3 is 0 Å². The highest BCUT2D eigenvalue weighted by atomic mass is 16.6. The number of unbranched alkanes of at least 4 members (excludes halogenated alkanes) is 2. The predicted octanol–water partition coefficient (Wildman–Crippen LogP) is 3.12. The van der Waals surface area contributed by atoms with Crippen molar-refractivity contribution in [2.75, 3.05) is 24.5 Å². The average Bonchev–Trinajstić information content (AvgIpc) is 3.05. The van der Waals surface area contributed by atoms with Crippen molar-refractivity contribution in [2.24, 2.45) is 0 Å². The van der Waals surface area contributed by atoms with Crippen molar-refractivity contribution in [1.82, 2.24) is 5.32 Å². The molecule has 1 amide bonds. The highest BCUT2D eigenvalue weighted by molar-refractivity contribution is 5.95. The van der Waals surface area contributed by atoms with Gasteiger partial charge in [-0.3, -0.25) is 14.9 Å². The molecule has 1 aromatic rings. The van der Waals surface area contributed by atoms with Gasteiger partial charge in [0, 0.05) is 31.3 Å². The number of carbonyl (C=O) groups is 1. The first kappa shape index (κ1) is 16.3. The Hall–Kier alpha value is -2.11. The van der Waals surface area contributed by atoms with E-state index < -0.39 is 4.92 Å². The summed E-state index contributed by atoms with van der Waals surface area (Å²) in [7, 11) is 0. The van der Waals surface area contributed by atoms with Crippen LogP contribution in [0, 0.1) is 10.1 Å². The molecular weight excluding hydrogens is 282 g/mol. The average molecular weight is 305 g/mol. The zero-order chi connectivity index (χ0) is 15.9. The van der Waals surface area contributed by atoms with Crippen LogP contribution in [-0.2, 0) is 0 Å². The van der Waals surface area contributed by atoms with E-state index in [1.54, 1.807) is 12.1 Å². The number of amides is 1. The molecule has 0 aromatic heterocycles. The molecule has 120 valence electrons. The lowest BCUT2D eigenvalue weighted by Crippen LogP contribution is -2.25. The molecular formula is C16H23N3O3. The summed E-state index contributed by atoms with van der Waals surface area (Å²) in [6, 6.07) is 4.77. The molecule has 2 rings (SSSR count). The summed E-state index contributed by atoms with van der Waals surface area (Å²) >= 11 is 0. The molecule has 6 nitrogen and oxygen atoms in total. The first-order valence-corrected chi connectivity index (χ1v) is 7.95. The minimum absolute atomic E-state index is 0.0168. The van der Waals surface area contributed by atoms with Crippen LogP contribution in [-0.4, -0.2) is 30.5 Å². The second-order valence-electron chi connectivity index (χ2n) is 5.62. The Bertz CT molecular complexity index is 539. The Kier molecular flexibility index (Phi) is 5.75. The highest BCUT2D eigenvalue weighted by Crippen LogP contribution is 2.31. The Labute approximate surface area is 130 Å². The molecule has 1 N–H and O–H groups in total. The topological polar surface area (TPSA) is 75.5 Å². The number of carbonyl (C=O) groups excluding carboxylic acids is 1. The van der Waals surface area contributed by atoms with E-state index in [0.717, 1.165) is 45.2 Å². The maximum absolute atomic E-state index is 12.1. The molecule has 0 spiro atoms. The number of nitrogens with one attached hydrogen (secondary N) is 1. The van der Waals surface area contributed by atoms with Gasteiger partial charge in [0.25, 0.3) is 11.6 Å². The van der Waals surface area contributed by atoms with E-state index in [1.165, 1.54) is 6.07 Å². The van der Waals surface area contributed by atoms with Crippen LogP contribution >= 0.6 is 0 Å². The van der Waals surface area contributed by atoms with E-state index in [9.17, 15) is 14.9 Å². The van der Waals surface area contributed by atoms with Crippen molar-refractivity contribution in [2.45, 2.75) is 39.0 Å². The van der Waals surface area contributed by atoms with Crippen LogP contribution in [0.5, 0.6) is 0 Å². The molecule has 1 fully saturated rings. The van der Waals surface area contributed by atoms with Crippen molar-refractivity contribution in [1.29, 1.82) is 0 Å². The summed E-state index contributed by atoms with van der Waals surface area (Å²) in [6.45, 7) is 4.38. The second kappa shape index (κ2) is 7.77. The van der Waals surface area contributed by atoms with Gasteiger partial charge < -0.3 is 10.2 Å². The van der Waals surface area contributed by atoms with Crippen molar-refractivity contribution in [3.63, 3.8) is 0 Å². The monoisotopic (exact) mass is 305 g/mol. The molecule has 1 saturated heterocycles. The summed E-state index contributed by atoms with van der Waals surface area (Å²) in [5.74, 6) is -0.243. The lowest BCUT2D eigenvalue weighted by Gasteiger charge is -2.17. The normalized spacial score (nSPS) is 14.1. The molecule has 0 aliphatic carbocycles. The van der Waals surface area contributed by atoms with E-state index in [-0.39, 0.29) is 11.6 Å². The Morgan fingerprint density at radius 1 is 1.32 bits per heavy atom. The first-order chi connectivity index (χ1) is 10.6. The Morgan fingerprint density at radius 2 is 2.05 bits per heavy atom. The molecule has 0 radical (unpaired) electrons. The van der Waals surface area contributed by atoms with Crippen LogP contribution in [0.2, 0.25) is 0 Å². The largest absolute Gasteiger partial charge is 0.366 e. The predicted molar refractivity (Wildman–Crippen MR) is 86.4 cm³/mol. The minimum atomic E-state index is -0.401. The molecule has 1 aromatic carbocycles. The van der Waals surface area contributed by atoms with E-state index in [1.807, 2.05) is 4.90 Å². The fraction of sp³-hybridized carbons (Fsp3) is 0.562. The summed E-state index contributed by atoms with van der Waals surface area (Å²) < 4.78 is 0. The van der Waals surface area contributed by atoms with Gasteiger partial charge in [-0.05, 0) is 31.4 Å². The van der Waals surface area contributed by atoms with Crippen LogP contribution in [0.3, 0.4) is 0 Å². The molecule has 0 atom stereocenters. The third kappa shape index (κ3) is 3.96. The number of anilines is 1. The van der Waals surface area contributed by atoms with Crippen LogP contribution in [0.4, 0.5) is 11.4 Å². The zero-order valence-electron chi connectivity index (χ0n) is 13.0. The van der Waals surface area contributed by atoms with Crippen molar-refractivity contribution >= 4 is 17.3 Å². The van der Waals surface area contributed by atoms with Gasteiger partial charge in [0.05, 0.1) is 4.92 Å². The molecule has 22 heavy (non-hydrogen) atoms. The number of hydrogen-bond donors (Lipinski definition) is 1. The number of nitro groups is 1. The molecule has 6 heteroatoms. The van der Waals surface area contributed by atoms with E-state index in [0.29, 0.717) is 17.8 Å². The van der Waals surface area contributed by atoms with Crippen LogP contribution in [0.15, 0.2) is 18.2 Å². The first-order valence-electron chi connectivity index (χ1n) is 7.95. The van der Waals surface area contributed by atoms with E-state index in [2.05, 4.69) is 12.2 Å². The third-order valence-corrected chi connectivity index (χ3v) is 3.95. The fourth-order valence-corrected chi connectivity index (χ4v) is 2.72. The lowest BCUT2D eigenvalue weighted by atomic mass is 10.1. The third-order valence-electron chi connectivity index (χ3n) is 3.95. The van der Waals surface area contributed by atoms with Crippen molar-refractivity contribution < 1.29 is 9.72 Å². The van der Waals surface area contributed by atoms with Gasteiger partial charge in [-0.25, -0.2) is 0 Å². The van der Waals surface area contributed by atoms with Crippen LogP contribution < -0.4 is 10.2 Å². The number of hydrogen-bond acceptors (Lipinski definition) is 4. The van der Waals surface area contributed by atoms with Crippen LogP contribution in [0.1, 0.15) is 49.4 Å². The Morgan fingerprint density at radius 3 is 2.68 bits per heavy atom. The fourth-order valence-electron chi connectivity index (χ4n) is 2.72. The van der Waals surface area contributed by atoms with Crippen molar-refractivity contribution in [3.05, 3.63) is 33.9 Å². The number of rotatable bonds is 7. The summed E-state index contributed by atoms with van der Waals surface area (Å²) in [5.41, 5.74) is 0.985. The van der Waals surface area contributed by atoms with Gasteiger partial charge in [0.15, 0.2) is 0 Å². The number of nitrogens with zero attached hydrogens (tertiary/aromatic N) is 2. The molecule has 0 unspecified atom stereocenters. The number of benzene rings is 1. The maximum Gasteiger partial charge on any atom is 0.293 e. The second-order valence-corrected chi connectivity index (χ2v) is 5.62. The standard InChI is InChI=1S/C16H23N3O3/c1-2-3-4-9-17-16(20)13-7-8-14(15(12-13)19(21)22)18-10-5-6-11-18/h7-8,12H,2-6,9-11H2,1H3,(H,17,20). The lowest BCUT2D eigenvalue weighted by molar-refractivity contribution is -0.384. The van der Waals surface area contributed by atoms with Crippen LogP contribution in [0.25, 0.3) is 0 Å². The highest BCUT2D eigenvalue weighted by Gasteiger charge is 2.23. The molecule has 0 saturated carbocycles. The van der Waals surface area contributed by atoms with Gasteiger partial charge in [0.1, 0.15) is 5.69 Å². The maximum atomic E-state index is 12.1. The van der Waals surface area contributed by atoms with Crippen molar-refractivity contribution in [3.8, 4) is 0 Å².